The minimum absolute atomic E-state index is 0.922. The second-order valence-corrected chi connectivity index (χ2v) is 6.36. The maximum Gasteiger partial charge on any atom is 0.143 e. The molecule has 1 nitrogen and oxygen atoms in total. The molecule has 0 unspecified atom stereocenters. The molecule has 4 aromatic carbocycles. The van der Waals surface area contributed by atoms with Crippen LogP contribution in [0.2, 0.25) is 0 Å². The third-order valence-electron chi connectivity index (χ3n) is 4.32. The van der Waals surface area contributed by atoms with Crippen molar-refractivity contribution < 1.29 is 4.42 Å². The molecule has 0 atom stereocenters. The largest absolute Gasteiger partial charge is 0.455 e. The number of furan rings is 1. The van der Waals surface area contributed by atoms with Crippen LogP contribution in [0.1, 0.15) is 0 Å². The van der Waals surface area contributed by atoms with Crippen molar-refractivity contribution in [1.82, 2.24) is 0 Å². The van der Waals surface area contributed by atoms with Crippen LogP contribution < -0.4 is 0 Å². The summed E-state index contributed by atoms with van der Waals surface area (Å²) in [4.78, 5) is 0. The van der Waals surface area contributed by atoms with Gasteiger partial charge in [0.05, 0.1) is 0 Å². The number of hydrogen-bond donors (Lipinski definition) is 0. The van der Waals surface area contributed by atoms with Crippen LogP contribution in [0.5, 0.6) is 0 Å². The van der Waals surface area contributed by atoms with Gasteiger partial charge in [-0.1, -0.05) is 70.5 Å². The van der Waals surface area contributed by atoms with E-state index in [0.717, 1.165) is 21.0 Å². The van der Waals surface area contributed by atoms with E-state index in [-0.39, 0.29) is 0 Å². The quantitative estimate of drug-likeness (QED) is 0.286. The van der Waals surface area contributed by atoms with Gasteiger partial charge in [-0.3, -0.25) is 0 Å². The van der Waals surface area contributed by atoms with Crippen LogP contribution >= 0.6 is 15.9 Å². The Balaban J connectivity index is 2.26. The zero-order valence-electron chi connectivity index (χ0n) is 11.6. The summed E-state index contributed by atoms with van der Waals surface area (Å²) in [6.45, 7) is 0. The van der Waals surface area contributed by atoms with Gasteiger partial charge >= 0.3 is 0 Å². The molecule has 0 fully saturated rings. The molecule has 0 N–H and O–H groups in total. The average molecular weight is 347 g/mol. The zero-order valence-corrected chi connectivity index (χ0v) is 13.2. The van der Waals surface area contributed by atoms with Crippen LogP contribution in [-0.2, 0) is 0 Å². The number of fused-ring (bicyclic) bond motifs is 8. The summed E-state index contributed by atoms with van der Waals surface area (Å²) in [6, 6.07) is 23.1. The van der Waals surface area contributed by atoms with Crippen molar-refractivity contribution in [2.24, 2.45) is 0 Å². The normalized spacial score (nSPS) is 11.9. The lowest BCUT2D eigenvalue weighted by Crippen LogP contribution is -1.80. The van der Waals surface area contributed by atoms with Gasteiger partial charge in [0.25, 0.3) is 0 Å². The van der Waals surface area contributed by atoms with Crippen molar-refractivity contribution in [3.05, 3.63) is 71.2 Å². The smallest absolute Gasteiger partial charge is 0.143 e. The molecule has 2 heteroatoms. The molecule has 104 valence electrons. The van der Waals surface area contributed by atoms with Crippen LogP contribution in [0.25, 0.3) is 43.5 Å². The highest BCUT2D eigenvalue weighted by Gasteiger charge is 2.16. The predicted molar refractivity (Wildman–Crippen MR) is 96.4 cm³/mol. The Morgan fingerprint density at radius 1 is 0.591 bits per heavy atom. The van der Waals surface area contributed by atoms with E-state index in [4.69, 9.17) is 4.42 Å². The summed E-state index contributed by atoms with van der Waals surface area (Å²) in [5, 5.41) is 7.25. The van der Waals surface area contributed by atoms with E-state index >= 15 is 0 Å². The van der Waals surface area contributed by atoms with Crippen LogP contribution in [0.15, 0.2) is 75.6 Å². The van der Waals surface area contributed by atoms with E-state index in [2.05, 4.69) is 70.5 Å². The number of halogens is 1. The molecular formula is C20H11BrO. The van der Waals surface area contributed by atoms with Gasteiger partial charge in [-0.25, -0.2) is 0 Å². The first-order valence-corrected chi connectivity index (χ1v) is 8.04. The van der Waals surface area contributed by atoms with Crippen molar-refractivity contribution in [2.75, 3.05) is 0 Å². The summed E-state index contributed by atoms with van der Waals surface area (Å²) in [6.07, 6.45) is 0. The molecule has 1 heterocycles. The number of benzene rings is 4. The summed E-state index contributed by atoms with van der Waals surface area (Å²) in [7, 11) is 0. The summed E-state index contributed by atoms with van der Waals surface area (Å²) in [5.41, 5.74) is 1.89. The topological polar surface area (TPSA) is 13.1 Å². The van der Waals surface area contributed by atoms with Crippen molar-refractivity contribution in [3.63, 3.8) is 0 Å². The predicted octanol–water partition coefficient (Wildman–Crippen LogP) is 6.65. The Morgan fingerprint density at radius 3 is 2.00 bits per heavy atom. The van der Waals surface area contributed by atoms with Gasteiger partial charge in [-0.2, -0.15) is 0 Å². The van der Waals surface area contributed by atoms with Crippen LogP contribution in [0.4, 0.5) is 0 Å². The fraction of sp³-hybridized carbons (Fsp3) is 0. The van der Waals surface area contributed by atoms with Gasteiger partial charge < -0.3 is 4.42 Å². The molecule has 0 spiro atoms. The zero-order chi connectivity index (χ0) is 14.7. The molecule has 5 rings (SSSR count). The molecule has 0 aliphatic heterocycles. The number of rotatable bonds is 0. The van der Waals surface area contributed by atoms with E-state index < -0.39 is 0 Å². The molecule has 0 bridgehead atoms. The Kier molecular flexibility index (Phi) is 2.42. The molecule has 0 amide bonds. The van der Waals surface area contributed by atoms with E-state index in [0.29, 0.717) is 0 Å². The Hall–Kier alpha value is -2.32. The Bertz CT molecular complexity index is 1180. The average Bonchev–Trinajstić information content (AvgIpc) is 2.96. The van der Waals surface area contributed by atoms with Crippen molar-refractivity contribution in [1.29, 1.82) is 0 Å². The second kappa shape index (κ2) is 4.34. The Morgan fingerprint density at radius 2 is 1.23 bits per heavy atom. The summed E-state index contributed by atoms with van der Waals surface area (Å²) in [5.74, 6) is 0. The molecule has 22 heavy (non-hydrogen) atoms. The van der Waals surface area contributed by atoms with E-state index in [1.54, 1.807) is 0 Å². The van der Waals surface area contributed by atoms with Gasteiger partial charge in [0.2, 0.25) is 0 Å². The van der Waals surface area contributed by atoms with Gasteiger partial charge in [-0.05, 0) is 28.3 Å². The van der Waals surface area contributed by atoms with Crippen molar-refractivity contribution in [3.8, 4) is 0 Å². The first kappa shape index (κ1) is 12.2. The highest BCUT2D eigenvalue weighted by molar-refractivity contribution is 9.10. The minimum atomic E-state index is 0.922. The first-order chi connectivity index (χ1) is 10.8. The lowest BCUT2D eigenvalue weighted by atomic mass is 9.97. The first-order valence-electron chi connectivity index (χ1n) is 7.25. The standard InChI is InChI=1S/C20H11BrO/c21-16-10-5-11-17-19(16)18-14-8-3-1-6-12(14)13-7-2-4-9-15(13)20(18)22-17/h1-11H. The lowest BCUT2D eigenvalue weighted by molar-refractivity contribution is 0.673. The van der Waals surface area contributed by atoms with E-state index in [1.807, 2.05) is 12.1 Å². The maximum absolute atomic E-state index is 6.22. The summed E-state index contributed by atoms with van der Waals surface area (Å²) < 4.78 is 7.30. The van der Waals surface area contributed by atoms with E-state index in [1.165, 1.54) is 26.9 Å². The van der Waals surface area contributed by atoms with E-state index in [9.17, 15) is 0 Å². The van der Waals surface area contributed by atoms with Gasteiger partial charge in [0.1, 0.15) is 11.2 Å². The second-order valence-electron chi connectivity index (χ2n) is 5.51. The van der Waals surface area contributed by atoms with Crippen LogP contribution in [0, 0.1) is 0 Å². The summed E-state index contributed by atoms with van der Waals surface area (Å²) >= 11 is 3.69. The minimum Gasteiger partial charge on any atom is -0.455 e. The highest BCUT2D eigenvalue weighted by atomic mass is 79.9. The molecule has 0 saturated carbocycles. The Labute approximate surface area is 135 Å². The molecule has 0 aliphatic carbocycles. The van der Waals surface area contributed by atoms with Crippen LogP contribution in [-0.4, -0.2) is 0 Å². The molecule has 0 radical (unpaired) electrons. The number of hydrogen-bond acceptors (Lipinski definition) is 1. The third kappa shape index (κ3) is 1.48. The van der Waals surface area contributed by atoms with Crippen molar-refractivity contribution >= 4 is 59.4 Å². The fourth-order valence-corrected chi connectivity index (χ4v) is 3.95. The third-order valence-corrected chi connectivity index (χ3v) is 4.98. The van der Waals surface area contributed by atoms with Gasteiger partial charge in [0, 0.05) is 20.6 Å². The molecule has 1 aromatic heterocycles. The lowest BCUT2D eigenvalue weighted by Gasteiger charge is -2.06. The fourth-order valence-electron chi connectivity index (χ4n) is 3.41. The van der Waals surface area contributed by atoms with Gasteiger partial charge in [0.15, 0.2) is 0 Å². The van der Waals surface area contributed by atoms with Gasteiger partial charge in [-0.15, -0.1) is 0 Å². The van der Waals surface area contributed by atoms with Crippen molar-refractivity contribution in [2.45, 2.75) is 0 Å². The molecular weight excluding hydrogens is 336 g/mol. The van der Waals surface area contributed by atoms with Crippen LogP contribution in [0.3, 0.4) is 0 Å². The highest BCUT2D eigenvalue weighted by Crippen LogP contribution is 2.42. The molecule has 0 saturated heterocycles. The monoisotopic (exact) mass is 346 g/mol. The SMILES string of the molecule is Brc1cccc2oc3c4ccccc4c4ccccc4c3c12. The molecule has 0 aliphatic rings. The molecule has 5 aromatic rings. The maximum atomic E-state index is 6.22.